The molecule has 4 rings (SSSR count). The molecule has 2 atom stereocenters. The lowest BCUT2D eigenvalue weighted by Gasteiger charge is -2.24. The number of halogens is 1. The Bertz CT molecular complexity index is 810. The zero-order valence-corrected chi connectivity index (χ0v) is 15.9. The summed E-state index contributed by atoms with van der Waals surface area (Å²) in [6.45, 7) is 5.26. The number of carbonyl (C=O) groups is 1. The zero-order chi connectivity index (χ0) is 18.1. The van der Waals surface area contributed by atoms with Crippen LogP contribution in [0.5, 0.6) is 5.75 Å². The Labute approximate surface area is 159 Å². The first-order valence-corrected chi connectivity index (χ1v) is 9.85. The van der Waals surface area contributed by atoms with Crippen LogP contribution in [0, 0.1) is 0 Å². The fraction of sp³-hybridized carbons (Fsp3) is 0.476. The summed E-state index contributed by atoms with van der Waals surface area (Å²) >= 11 is 6.29. The molecule has 0 saturated carbocycles. The normalized spacial score (nSPS) is 23.7. The van der Waals surface area contributed by atoms with Crippen molar-refractivity contribution in [1.82, 2.24) is 9.80 Å². The molecule has 0 aromatic heterocycles. The number of amides is 1. The Hall–Kier alpha value is -1.78. The van der Waals surface area contributed by atoms with Crippen LogP contribution in [0.4, 0.5) is 0 Å². The van der Waals surface area contributed by atoms with E-state index in [-0.39, 0.29) is 12.0 Å². The van der Waals surface area contributed by atoms with Gasteiger partial charge >= 0.3 is 0 Å². The smallest absolute Gasteiger partial charge is 0.236 e. The van der Waals surface area contributed by atoms with Gasteiger partial charge in [0.2, 0.25) is 5.91 Å². The minimum atomic E-state index is 0.114. The summed E-state index contributed by atoms with van der Waals surface area (Å²) < 4.78 is 6.28. The molecule has 2 aliphatic rings. The van der Waals surface area contributed by atoms with Crippen LogP contribution in [-0.4, -0.2) is 54.0 Å². The Kier molecular flexibility index (Phi) is 5.05. The molecule has 5 heteroatoms. The highest BCUT2D eigenvalue weighted by atomic mass is 35.5. The van der Waals surface area contributed by atoms with Crippen LogP contribution in [0.2, 0.25) is 5.02 Å². The zero-order valence-electron chi connectivity index (χ0n) is 15.2. The SMILES string of the molecule is C[C@@H]1CCCN1C(=O)CN1CC[C@H](Oc2ccc(Cl)c3ccccc23)C1. The first kappa shape index (κ1) is 17.6. The third kappa shape index (κ3) is 3.53. The third-order valence-electron chi connectivity index (χ3n) is 5.59. The van der Waals surface area contributed by atoms with Crippen LogP contribution >= 0.6 is 11.6 Å². The summed E-state index contributed by atoms with van der Waals surface area (Å²) in [6, 6.07) is 12.3. The summed E-state index contributed by atoms with van der Waals surface area (Å²) in [7, 11) is 0. The Morgan fingerprint density at radius 1 is 1.15 bits per heavy atom. The summed E-state index contributed by atoms with van der Waals surface area (Å²) in [5, 5.41) is 2.80. The van der Waals surface area contributed by atoms with E-state index in [0.29, 0.717) is 12.6 Å². The van der Waals surface area contributed by atoms with E-state index >= 15 is 0 Å². The maximum Gasteiger partial charge on any atom is 0.236 e. The molecule has 0 N–H and O–H groups in total. The fourth-order valence-electron chi connectivity index (χ4n) is 4.14. The quantitative estimate of drug-likeness (QED) is 0.814. The minimum Gasteiger partial charge on any atom is -0.488 e. The summed E-state index contributed by atoms with van der Waals surface area (Å²) in [4.78, 5) is 16.8. The molecule has 0 bridgehead atoms. The third-order valence-corrected chi connectivity index (χ3v) is 5.92. The minimum absolute atomic E-state index is 0.114. The average Bonchev–Trinajstić information content (AvgIpc) is 3.26. The van der Waals surface area contributed by atoms with Crippen molar-refractivity contribution in [1.29, 1.82) is 0 Å². The Morgan fingerprint density at radius 2 is 1.96 bits per heavy atom. The number of fused-ring (bicyclic) bond motifs is 1. The lowest BCUT2D eigenvalue weighted by molar-refractivity contribution is -0.132. The van der Waals surface area contributed by atoms with E-state index < -0.39 is 0 Å². The molecule has 26 heavy (non-hydrogen) atoms. The molecule has 1 amide bonds. The van der Waals surface area contributed by atoms with Crippen LogP contribution < -0.4 is 4.74 Å². The van der Waals surface area contributed by atoms with Gasteiger partial charge in [0.1, 0.15) is 11.9 Å². The van der Waals surface area contributed by atoms with Crippen molar-refractivity contribution in [3.63, 3.8) is 0 Å². The molecule has 0 unspecified atom stereocenters. The molecule has 2 fully saturated rings. The molecular weight excluding hydrogens is 348 g/mol. The number of hydrogen-bond donors (Lipinski definition) is 0. The monoisotopic (exact) mass is 372 g/mol. The van der Waals surface area contributed by atoms with E-state index in [4.69, 9.17) is 16.3 Å². The highest BCUT2D eigenvalue weighted by Gasteiger charge is 2.30. The summed E-state index contributed by atoms with van der Waals surface area (Å²) in [5.41, 5.74) is 0. The second-order valence-electron chi connectivity index (χ2n) is 7.43. The molecule has 4 nitrogen and oxygen atoms in total. The van der Waals surface area contributed by atoms with Gasteiger partial charge in [-0.05, 0) is 38.3 Å². The predicted molar refractivity (Wildman–Crippen MR) is 105 cm³/mol. The van der Waals surface area contributed by atoms with Gasteiger partial charge in [-0.2, -0.15) is 0 Å². The Morgan fingerprint density at radius 3 is 2.73 bits per heavy atom. The fourth-order valence-corrected chi connectivity index (χ4v) is 4.37. The summed E-state index contributed by atoms with van der Waals surface area (Å²) in [6.07, 6.45) is 3.31. The van der Waals surface area contributed by atoms with E-state index in [9.17, 15) is 4.79 Å². The number of nitrogens with zero attached hydrogens (tertiary/aromatic N) is 2. The van der Waals surface area contributed by atoms with E-state index in [2.05, 4.69) is 11.8 Å². The topological polar surface area (TPSA) is 32.8 Å². The van der Waals surface area contributed by atoms with E-state index in [1.54, 1.807) is 0 Å². The largest absolute Gasteiger partial charge is 0.488 e. The molecule has 138 valence electrons. The number of likely N-dealkylation sites (tertiary alicyclic amines) is 2. The number of hydrogen-bond acceptors (Lipinski definition) is 3. The van der Waals surface area contributed by atoms with Gasteiger partial charge in [0, 0.05) is 41.5 Å². The Balaban J connectivity index is 1.39. The van der Waals surface area contributed by atoms with Crippen molar-refractivity contribution in [3.05, 3.63) is 41.4 Å². The number of benzene rings is 2. The second-order valence-corrected chi connectivity index (χ2v) is 7.84. The van der Waals surface area contributed by atoms with Crippen molar-refractivity contribution in [2.75, 3.05) is 26.2 Å². The van der Waals surface area contributed by atoms with E-state index in [1.165, 1.54) is 0 Å². The number of ether oxygens (including phenoxy) is 1. The van der Waals surface area contributed by atoms with E-state index in [0.717, 1.165) is 60.4 Å². The van der Waals surface area contributed by atoms with Gasteiger partial charge in [-0.3, -0.25) is 9.69 Å². The van der Waals surface area contributed by atoms with Crippen molar-refractivity contribution < 1.29 is 9.53 Å². The first-order chi connectivity index (χ1) is 12.6. The predicted octanol–water partition coefficient (Wildman–Crippen LogP) is 3.96. The highest BCUT2D eigenvalue weighted by molar-refractivity contribution is 6.35. The van der Waals surface area contributed by atoms with Crippen molar-refractivity contribution in [2.45, 2.75) is 38.3 Å². The van der Waals surface area contributed by atoms with Crippen molar-refractivity contribution in [3.8, 4) is 5.75 Å². The lowest BCUT2D eigenvalue weighted by atomic mass is 10.1. The lowest BCUT2D eigenvalue weighted by Crippen LogP contribution is -2.41. The van der Waals surface area contributed by atoms with Crippen LogP contribution in [0.25, 0.3) is 10.8 Å². The molecule has 2 aromatic carbocycles. The van der Waals surface area contributed by atoms with Gasteiger partial charge in [0.15, 0.2) is 0 Å². The number of carbonyl (C=O) groups excluding carboxylic acids is 1. The van der Waals surface area contributed by atoms with Gasteiger partial charge < -0.3 is 9.64 Å². The summed E-state index contributed by atoms with van der Waals surface area (Å²) in [5.74, 6) is 1.13. The molecule has 2 saturated heterocycles. The average molecular weight is 373 g/mol. The van der Waals surface area contributed by atoms with Crippen LogP contribution in [0.3, 0.4) is 0 Å². The van der Waals surface area contributed by atoms with Crippen LogP contribution in [-0.2, 0) is 4.79 Å². The molecule has 0 radical (unpaired) electrons. The van der Waals surface area contributed by atoms with Gasteiger partial charge in [-0.25, -0.2) is 0 Å². The first-order valence-electron chi connectivity index (χ1n) is 9.47. The molecule has 2 heterocycles. The van der Waals surface area contributed by atoms with Gasteiger partial charge in [-0.15, -0.1) is 0 Å². The molecule has 0 aliphatic carbocycles. The number of rotatable bonds is 4. The van der Waals surface area contributed by atoms with Gasteiger partial charge in [0.25, 0.3) is 0 Å². The molecule has 2 aliphatic heterocycles. The molecule has 0 spiro atoms. The maximum absolute atomic E-state index is 12.5. The molecular formula is C21H25ClN2O2. The maximum atomic E-state index is 12.5. The standard InChI is InChI=1S/C21H25ClN2O2/c1-15-5-4-11-24(15)21(25)14-23-12-10-16(13-23)26-20-9-8-19(22)17-6-2-3-7-18(17)20/h2-3,6-9,15-16H,4-5,10-14H2,1H3/t15-,16+/m1/s1. The van der Waals surface area contributed by atoms with Crippen molar-refractivity contribution >= 4 is 28.3 Å². The van der Waals surface area contributed by atoms with E-state index in [1.807, 2.05) is 41.3 Å². The highest BCUT2D eigenvalue weighted by Crippen LogP contribution is 2.32. The van der Waals surface area contributed by atoms with Crippen molar-refractivity contribution in [2.24, 2.45) is 0 Å². The van der Waals surface area contributed by atoms with Crippen LogP contribution in [0.15, 0.2) is 36.4 Å². The van der Waals surface area contributed by atoms with Gasteiger partial charge in [0.05, 0.1) is 6.54 Å². The van der Waals surface area contributed by atoms with Crippen LogP contribution in [0.1, 0.15) is 26.2 Å². The molecule has 2 aromatic rings. The van der Waals surface area contributed by atoms with Gasteiger partial charge in [-0.1, -0.05) is 35.9 Å². The second kappa shape index (κ2) is 7.45.